The maximum absolute atomic E-state index is 8.95. The van der Waals surface area contributed by atoms with Crippen molar-refractivity contribution in [1.82, 2.24) is 4.98 Å². The lowest BCUT2D eigenvalue weighted by Gasteiger charge is -2.04. The van der Waals surface area contributed by atoms with Gasteiger partial charge < -0.3 is 0 Å². The molecule has 0 aliphatic carbocycles. The van der Waals surface area contributed by atoms with Crippen LogP contribution in [0.4, 0.5) is 0 Å². The van der Waals surface area contributed by atoms with Gasteiger partial charge in [-0.3, -0.25) is 4.55 Å². The molecule has 104 valence electrons. The third-order valence-corrected chi connectivity index (χ3v) is 2.93. The van der Waals surface area contributed by atoms with E-state index in [-0.39, 0.29) is 0 Å². The Bertz CT molecular complexity index is 804. The highest BCUT2D eigenvalue weighted by molar-refractivity contribution is 8.09. The Labute approximate surface area is 125 Å². The molecule has 0 amide bonds. The SMILES string of the molecule is Clc1c2ccccc2nc2ccccc12.O=S(=O)(O)Cl. The van der Waals surface area contributed by atoms with Crippen molar-refractivity contribution in [2.24, 2.45) is 0 Å². The highest BCUT2D eigenvalue weighted by Crippen LogP contribution is 2.29. The molecule has 0 spiro atoms. The number of benzene rings is 2. The summed E-state index contributed by atoms with van der Waals surface area (Å²) in [7, 11) is -0.137. The first kappa shape index (κ1) is 15.0. The average Bonchev–Trinajstić information content (AvgIpc) is 2.37. The second-order valence-electron chi connectivity index (χ2n) is 3.87. The van der Waals surface area contributed by atoms with Crippen molar-refractivity contribution < 1.29 is 13.0 Å². The molecule has 3 rings (SSSR count). The summed E-state index contributed by atoms with van der Waals surface area (Å²) in [6, 6.07) is 15.9. The highest BCUT2D eigenvalue weighted by Gasteiger charge is 2.04. The van der Waals surface area contributed by atoms with Gasteiger partial charge in [-0.2, -0.15) is 8.42 Å². The summed E-state index contributed by atoms with van der Waals surface area (Å²) in [6.45, 7) is 0. The Balaban J connectivity index is 0.000000257. The second kappa shape index (κ2) is 5.93. The summed E-state index contributed by atoms with van der Waals surface area (Å²) in [5.74, 6) is 0. The van der Waals surface area contributed by atoms with Crippen molar-refractivity contribution in [2.75, 3.05) is 0 Å². The molecule has 0 radical (unpaired) electrons. The normalized spacial score (nSPS) is 11.2. The van der Waals surface area contributed by atoms with Crippen LogP contribution in [0.15, 0.2) is 48.5 Å². The molecule has 1 aromatic heterocycles. The number of rotatable bonds is 0. The summed E-state index contributed by atoms with van der Waals surface area (Å²) in [6.07, 6.45) is 0. The van der Waals surface area contributed by atoms with Crippen molar-refractivity contribution in [3.05, 3.63) is 53.6 Å². The fourth-order valence-corrected chi connectivity index (χ4v) is 2.11. The predicted octanol–water partition coefficient (Wildman–Crippen LogP) is 4.07. The van der Waals surface area contributed by atoms with Gasteiger partial charge in [0.25, 0.3) is 0 Å². The monoisotopic (exact) mass is 329 g/mol. The van der Waals surface area contributed by atoms with Crippen LogP contribution in [0.5, 0.6) is 0 Å². The molecule has 20 heavy (non-hydrogen) atoms. The van der Waals surface area contributed by atoms with Crippen LogP contribution < -0.4 is 0 Å². The molecule has 1 heterocycles. The topological polar surface area (TPSA) is 67.3 Å². The number of hydrogen-bond acceptors (Lipinski definition) is 3. The number of para-hydroxylation sites is 2. The van der Waals surface area contributed by atoms with E-state index in [4.69, 9.17) is 24.6 Å². The molecule has 1 N–H and O–H groups in total. The quantitative estimate of drug-likeness (QED) is 0.383. The second-order valence-corrected chi connectivity index (χ2v) is 6.24. The summed E-state index contributed by atoms with van der Waals surface area (Å²) in [4.78, 5) is 4.55. The van der Waals surface area contributed by atoms with Gasteiger partial charge in [0.15, 0.2) is 0 Å². The average molecular weight is 330 g/mol. The standard InChI is InChI=1S/C13H8ClN.ClHO3S/c14-13-9-5-1-3-7-11(9)15-12-8-4-2-6-10(12)13;1-5(2,3)4/h1-8H;(H,2,3,4). The highest BCUT2D eigenvalue weighted by atomic mass is 35.7. The maximum atomic E-state index is 8.95. The lowest BCUT2D eigenvalue weighted by atomic mass is 10.1. The van der Waals surface area contributed by atoms with Crippen LogP contribution in [0.25, 0.3) is 21.8 Å². The Morgan fingerprint density at radius 3 is 1.65 bits per heavy atom. The molecule has 2 aromatic carbocycles. The molecular weight excluding hydrogens is 321 g/mol. The molecule has 7 heteroatoms. The molecule has 0 fully saturated rings. The zero-order chi connectivity index (χ0) is 14.8. The van der Waals surface area contributed by atoms with Crippen molar-refractivity contribution in [1.29, 1.82) is 0 Å². The fourth-order valence-electron chi connectivity index (χ4n) is 1.79. The molecule has 3 aromatic rings. The van der Waals surface area contributed by atoms with Crippen molar-refractivity contribution in [3.8, 4) is 0 Å². The molecule has 0 unspecified atom stereocenters. The van der Waals surface area contributed by atoms with Crippen LogP contribution in [0.2, 0.25) is 5.02 Å². The van der Waals surface area contributed by atoms with E-state index < -0.39 is 9.33 Å². The van der Waals surface area contributed by atoms with Gasteiger partial charge in [0.2, 0.25) is 0 Å². The van der Waals surface area contributed by atoms with Gasteiger partial charge in [-0.05, 0) is 12.1 Å². The third kappa shape index (κ3) is 3.80. The van der Waals surface area contributed by atoms with Gasteiger partial charge in [-0.25, -0.2) is 4.98 Å². The molecule has 0 bridgehead atoms. The van der Waals surface area contributed by atoms with Gasteiger partial charge in [0.05, 0.1) is 16.1 Å². The summed E-state index contributed by atoms with van der Waals surface area (Å²) < 4.78 is 25.2. The van der Waals surface area contributed by atoms with E-state index in [0.717, 1.165) is 26.8 Å². The largest absolute Gasteiger partial charge is 0.353 e. The number of pyridine rings is 1. The lowest BCUT2D eigenvalue weighted by molar-refractivity contribution is 0.501. The van der Waals surface area contributed by atoms with Gasteiger partial charge in [0.1, 0.15) is 0 Å². The van der Waals surface area contributed by atoms with E-state index in [9.17, 15) is 0 Å². The van der Waals surface area contributed by atoms with Gasteiger partial charge in [0, 0.05) is 21.5 Å². The zero-order valence-corrected chi connectivity index (χ0v) is 12.3. The lowest BCUT2D eigenvalue weighted by Crippen LogP contribution is -1.83. The number of fused-ring (bicyclic) bond motifs is 2. The Hall–Kier alpha value is -1.40. The molecule has 0 atom stereocenters. The minimum absolute atomic E-state index is 0.788. The smallest absolute Gasteiger partial charge is 0.273 e. The molecule has 0 saturated carbocycles. The van der Waals surface area contributed by atoms with Crippen LogP contribution in [0.3, 0.4) is 0 Å². The summed E-state index contributed by atoms with van der Waals surface area (Å²) in [5.41, 5.74) is 1.89. The predicted molar refractivity (Wildman–Crippen MR) is 81.7 cm³/mol. The first-order chi connectivity index (χ1) is 9.36. The van der Waals surface area contributed by atoms with Gasteiger partial charge in [-0.1, -0.05) is 48.0 Å². The van der Waals surface area contributed by atoms with Crippen molar-refractivity contribution in [3.63, 3.8) is 0 Å². The zero-order valence-electron chi connectivity index (χ0n) is 9.99. The van der Waals surface area contributed by atoms with Crippen LogP contribution in [-0.2, 0) is 9.33 Å². The van der Waals surface area contributed by atoms with Crippen LogP contribution >= 0.6 is 22.3 Å². The van der Waals surface area contributed by atoms with Crippen molar-refractivity contribution >= 4 is 53.4 Å². The fraction of sp³-hybridized carbons (Fsp3) is 0. The Morgan fingerprint density at radius 2 is 1.25 bits per heavy atom. The number of aromatic nitrogens is 1. The van der Waals surface area contributed by atoms with Gasteiger partial charge >= 0.3 is 9.33 Å². The van der Waals surface area contributed by atoms with E-state index >= 15 is 0 Å². The van der Waals surface area contributed by atoms with E-state index in [1.807, 2.05) is 48.5 Å². The number of nitrogens with zero attached hydrogens (tertiary/aromatic N) is 1. The molecular formula is C13H9Cl2NO3S. The molecule has 0 aliphatic rings. The molecule has 0 saturated heterocycles. The minimum atomic E-state index is -4.19. The van der Waals surface area contributed by atoms with Crippen LogP contribution in [-0.4, -0.2) is 18.0 Å². The molecule has 4 nitrogen and oxygen atoms in total. The third-order valence-electron chi connectivity index (χ3n) is 2.52. The van der Waals surface area contributed by atoms with Crippen LogP contribution in [0, 0.1) is 0 Å². The number of halogens is 2. The minimum Gasteiger partial charge on any atom is -0.273 e. The Kier molecular flexibility index (Phi) is 4.45. The van der Waals surface area contributed by atoms with E-state index in [1.165, 1.54) is 0 Å². The summed E-state index contributed by atoms with van der Waals surface area (Å²) >= 11 is 6.33. The van der Waals surface area contributed by atoms with Crippen molar-refractivity contribution in [2.45, 2.75) is 0 Å². The first-order valence-corrected chi connectivity index (χ1v) is 8.11. The Morgan fingerprint density at radius 1 is 0.900 bits per heavy atom. The van der Waals surface area contributed by atoms with E-state index in [1.54, 1.807) is 0 Å². The van der Waals surface area contributed by atoms with Gasteiger partial charge in [-0.15, -0.1) is 0 Å². The maximum Gasteiger partial charge on any atom is 0.353 e. The summed E-state index contributed by atoms with van der Waals surface area (Å²) in [5, 5.41) is 2.81. The van der Waals surface area contributed by atoms with Crippen LogP contribution in [0.1, 0.15) is 0 Å². The van der Waals surface area contributed by atoms with E-state index in [2.05, 4.69) is 15.7 Å². The van der Waals surface area contributed by atoms with E-state index in [0.29, 0.717) is 0 Å². The first-order valence-electron chi connectivity index (χ1n) is 5.46. The number of hydrogen-bond donors (Lipinski definition) is 1. The molecule has 0 aliphatic heterocycles.